The molecule has 26 heavy (non-hydrogen) atoms. The molecule has 0 atom stereocenters. The lowest BCUT2D eigenvalue weighted by atomic mass is 10.1. The molecule has 0 bridgehead atoms. The fourth-order valence-electron chi connectivity index (χ4n) is 2.94. The third-order valence-electron chi connectivity index (χ3n) is 4.12. The van der Waals surface area contributed by atoms with Gasteiger partial charge in [-0.15, -0.1) is 5.10 Å². The maximum Gasteiger partial charge on any atom is 0.247 e. The quantitative estimate of drug-likeness (QED) is 0.703. The predicted molar refractivity (Wildman–Crippen MR) is 107 cm³/mol. The molecule has 5 heteroatoms. The van der Waals surface area contributed by atoms with Gasteiger partial charge in [0.25, 0.3) is 0 Å². The first-order chi connectivity index (χ1) is 12.5. The summed E-state index contributed by atoms with van der Waals surface area (Å²) >= 11 is 0. The normalized spacial score (nSPS) is 10.8. The average molecular weight is 347 g/mol. The van der Waals surface area contributed by atoms with Gasteiger partial charge in [0.2, 0.25) is 5.95 Å². The van der Waals surface area contributed by atoms with E-state index in [1.165, 1.54) is 16.7 Å². The summed E-state index contributed by atoms with van der Waals surface area (Å²) in [7, 11) is 0. The number of aryl methyl sites for hydroxylation is 2. The lowest BCUT2D eigenvalue weighted by Crippen LogP contribution is -2.32. The molecule has 3 aromatic rings. The van der Waals surface area contributed by atoms with Crippen molar-refractivity contribution in [1.82, 2.24) is 15.2 Å². The summed E-state index contributed by atoms with van der Waals surface area (Å²) in [6, 6.07) is 16.9. The van der Waals surface area contributed by atoms with E-state index < -0.39 is 0 Å². The summed E-state index contributed by atoms with van der Waals surface area (Å²) < 4.78 is 0. The van der Waals surface area contributed by atoms with Crippen LogP contribution in [-0.4, -0.2) is 21.2 Å². The van der Waals surface area contributed by atoms with Crippen LogP contribution in [0.2, 0.25) is 0 Å². The van der Waals surface area contributed by atoms with Crippen molar-refractivity contribution in [3.8, 4) is 0 Å². The van der Waals surface area contributed by atoms with Crippen molar-refractivity contribution in [2.24, 2.45) is 0 Å². The van der Waals surface area contributed by atoms with Gasteiger partial charge in [0, 0.05) is 18.3 Å². The largest absolute Gasteiger partial charge is 0.339 e. The Morgan fingerprint density at radius 3 is 2.35 bits per heavy atom. The maximum atomic E-state index is 4.69. The van der Waals surface area contributed by atoms with Crippen LogP contribution >= 0.6 is 0 Å². The third kappa shape index (κ3) is 4.57. The molecule has 0 saturated heterocycles. The van der Waals surface area contributed by atoms with Gasteiger partial charge >= 0.3 is 0 Å². The van der Waals surface area contributed by atoms with E-state index in [9.17, 15) is 0 Å². The number of rotatable bonds is 6. The summed E-state index contributed by atoms with van der Waals surface area (Å²) in [6.45, 7) is 9.18. The lowest BCUT2D eigenvalue weighted by molar-refractivity contribution is 0.653. The molecule has 0 aliphatic heterocycles. The summed E-state index contributed by atoms with van der Waals surface area (Å²) in [5.41, 5.74) is 4.65. The Kier molecular flexibility index (Phi) is 5.46. The van der Waals surface area contributed by atoms with Crippen LogP contribution in [0.25, 0.3) is 0 Å². The van der Waals surface area contributed by atoms with Crippen molar-refractivity contribution in [2.75, 3.05) is 10.2 Å². The predicted octanol–water partition coefficient (Wildman–Crippen LogP) is 4.65. The van der Waals surface area contributed by atoms with Crippen LogP contribution in [0.1, 0.15) is 30.5 Å². The van der Waals surface area contributed by atoms with Crippen LogP contribution in [0.15, 0.2) is 54.7 Å². The van der Waals surface area contributed by atoms with Crippen LogP contribution in [0.5, 0.6) is 0 Å². The summed E-state index contributed by atoms with van der Waals surface area (Å²) in [6.07, 6.45) is 1.65. The van der Waals surface area contributed by atoms with Gasteiger partial charge < -0.3 is 10.2 Å². The molecule has 0 aliphatic carbocycles. The number of hydrogen-bond acceptors (Lipinski definition) is 5. The van der Waals surface area contributed by atoms with Gasteiger partial charge in [0.05, 0.1) is 6.20 Å². The smallest absolute Gasteiger partial charge is 0.247 e. The highest BCUT2D eigenvalue weighted by Crippen LogP contribution is 2.20. The molecule has 0 unspecified atom stereocenters. The summed E-state index contributed by atoms with van der Waals surface area (Å²) in [5, 5.41) is 11.8. The van der Waals surface area contributed by atoms with E-state index in [4.69, 9.17) is 0 Å². The van der Waals surface area contributed by atoms with Crippen LogP contribution in [0.3, 0.4) is 0 Å². The van der Waals surface area contributed by atoms with Gasteiger partial charge in [-0.25, -0.2) is 0 Å². The number of nitrogens with zero attached hydrogens (tertiary/aromatic N) is 4. The first-order valence-corrected chi connectivity index (χ1v) is 8.87. The standard InChI is InChI=1S/C21H25N5/c1-15(2)26(14-18-8-6-5-7-9-18)21-24-20(13-22-25-21)23-19-11-16(3)10-17(4)12-19/h5-13,15H,14H2,1-4H3,(H,23,24,25). The first kappa shape index (κ1) is 17.9. The molecule has 0 aliphatic rings. The van der Waals surface area contributed by atoms with Crippen molar-refractivity contribution in [1.29, 1.82) is 0 Å². The van der Waals surface area contributed by atoms with Gasteiger partial charge in [-0.3, -0.25) is 0 Å². The molecule has 1 N–H and O–H groups in total. The first-order valence-electron chi connectivity index (χ1n) is 8.87. The van der Waals surface area contributed by atoms with Crippen molar-refractivity contribution in [2.45, 2.75) is 40.3 Å². The SMILES string of the molecule is Cc1cc(C)cc(Nc2cnnc(N(Cc3ccccc3)C(C)C)n2)c1. The summed E-state index contributed by atoms with van der Waals surface area (Å²) in [4.78, 5) is 6.83. The maximum absolute atomic E-state index is 4.69. The van der Waals surface area contributed by atoms with E-state index in [1.54, 1.807) is 6.20 Å². The van der Waals surface area contributed by atoms with Crippen LogP contribution in [0, 0.1) is 13.8 Å². The van der Waals surface area contributed by atoms with Gasteiger partial charge in [-0.2, -0.15) is 10.1 Å². The molecule has 3 rings (SSSR count). The number of nitrogens with one attached hydrogen (secondary N) is 1. The molecule has 0 radical (unpaired) electrons. The molecule has 0 fully saturated rings. The Morgan fingerprint density at radius 1 is 1.00 bits per heavy atom. The molecule has 134 valence electrons. The van der Waals surface area contributed by atoms with Gasteiger partial charge in [0.1, 0.15) is 0 Å². The van der Waals surface area contributed by atoms with Crippen molar-refractivity contribution < 1.29 is 0 Å². The van der Waals surface area contributed by atoms with Crippen LogP contribution in [-0.2, 0) is 6.54 Å². The monoisotopic (exact) mass is 347 g/mol. The van der Waals surface area contributed by atoms with E-state index in [0.717, 1.165) is 12.2 Å². The second-order valence-corrected chi connectivity index (χ2v) is 6.85. The van der Waals surface area contributed by atoms with Crippen molar-refractivity contribution in [3.05, 3.63) is 71.4 Å². The Hall–Kier alpha value is -2.95. The second kappa shape index (κ2) is 7.95. The fourth-order valence-corrected chi connectivity index (χ4v) is 2.94. The minimum atomic E-state index is 0.258. The fraction of sp³-hybridized carbons (Fsp3) is 0.286. The number of anilines is 3. The van der Waals surface area contributed by atoms with E-state index in [2.05, 4.69) is 83.4 Å². The topological polar surface area (TPSA) is 53.9 Å². The Morgan fingerprint density at radius 2 is 1.69 bits per heavy atom. The Balaban J connectivity index is 1.84. The summed E-state index contributed by atoms with van der Waals surface area (Å²) in [5.74, 6) is 1.32. The lowest BCUT2D eigenvalue weighted by Gasteiger charge is -2.26. The molecule has 1 heterocycles. The van der Waals surface area contributed by atoms with E-state index in [0.29, 0.717) is 11.8 Å². The highest BCUT2D eigenvalue weighted by Gasteiger charge is 2.15. The molecule has 0 saturated carbocycles. The van der Waals surface area contributed by atoms with Gasteiger partial charge in [-0.1, -0.05) is 36.4 Å². The van der Waals surface area contributed by atoms with E-state index in [1.807, 2.05) is 18.2 Å². The Labute approximate surface area is 155 Å². The van der Waals surface area contributed by atoms with Crippen molar-refractivity contribution in [3.63, 3.8) is 0 Å². The molecule has 5 nitrogen and oxygen atoms in total. The van der Waals surface area contributed by atoms with Crippen LogP contribution in [0.4, 0.5) is 17.5 Å². The molecule has 0 spiro atoms. The molecule has 2 aromatic carbocycles. The molecule has 1 aromatic heterocycles. The van der Waals surface area contributed by atoms with Crippen LogP contribution < -0.4 is 10.2 Å². The van der Waals surface area contributed by atoms with E-state index >= 15 is 0 Å². The highest BCUT2D eigenvalue weighted by atomic mass is 15.3. The molecular formula is C21H25N5. The Bertz CT molecular complexity index is 841. The zero-order valence-electron chi connectivity index (χ0n) is 15.8. The van der Waals surface area contributed by atoms with Gasteiger partial charge in [0.15, 0.2) is 5.82 Å². The zero-order valence-corrected chi connectivity index (χ0v) is 15.8. The zero-order chi connectivity index (χ0) is 18.5. The minimum Gasteiger partial charge on any atom is -0.339 e. The second-order valence-electron chi connectivity index (χ2n) is 6.85. The number of benzene rings is 2. The minimum absolute atomic E-state index is 0.258. The number of hydrogen-bond donors (Lipinski definition) is 1. The molecular weight excluding hydrogens is 322 g/mol. The van der Waals surface area contributed by atoms with E-state index in [-0.39, 0.29) is 6.04 Å². The van der Waals surface area contributed by atoms with Crippen molar-refractivity contribution >= 4 is 17.5 Å². The molecule has 0 amide bonds. The van der Waals surface area contributed by atoms with Gasteiger partial charge in [-0.05, 0) is 56.5 Å². The highest BCUT2D eigenvalue weighted by molar-refractivity contribution is 5.58. The number of aromatic nitrogens is 3. The third-order valence-corrected chi connectivity index (χ3v) is 4.12. The average Bonchev–Trinajstić information content (AvgIpc) is 2.59.